The molecule has 1 aromatic carbocycles. The van der Waals surface area contributed by atoms with Gasteiger partial charge in [-0.25, -0.2) is 4.98 Å². The Labute approximate surface area is 154 Å². The van der Waals surface area contributed by atoms with Gasteiger partial charge in [-0.1, -0.05) is 12.1 Å². The zero-order chi connectivity index (χ0) is 18.4. The van der Waals surface area contributed by atoms with Gasteiger partial charge in [0.15, 0.2) is 11.5 Å². The van der Waals surface area contributed by atoms with E-state index in [1.54, 1.807) is 19.2 Å². The summed E-state index contributed by atoms with van der Waals surface area (Å²) in [5, 5.41) is 5.19. The molecular formula is C18H19N3O4S. The third-order valence-corrected chi connectivity index (χ3v) is 4.60. The van der Waals surface area contributed by atoms with Crippen molar-refractivity contribution >= 4 is 27.5 Å². The summed E-state index contributed by atoms with van der Waals surface area (Å²) in [7, 11) is 1.58. The van der Waals surface area contributed by atoms with Crippen LogP contribution in [0.4, 0.5) is 0 Å². The van der Waals surface area contributed by atoms with Crippen LogP contribution in [0.25, 0.3) is 10.2 Å². The molecule has 7 nitrogen and oxygen atoms in total. The van der Waals surface area contributed by atoms with E-state index < -0.39 is 0 Å². The summed E-state index contributed by atoms with van der Waals surface area (Å²) in [6, 6.07) is 9.08. The van der Waals surface area contributed by atoms with E-state index in [1.165, 1.54) is 22.2 Å². The average molecular weight is 373 g/mol. The van der Waals surface area contributed by atoms with Crippen LogP contribution in [0.3, 0.4) is 0 Å². The number of hydrogen-bond donors (Lipinski definition) is 1. The molecule has 0 aliphatic rings. The highest BCUT2D eigenvalue weighted by molar-refractivity contribution is 7.16. The summed E-state index contributed by atoms with van der Waals surface area (Å²) >= 11 is 1.42. The number of methoxy groups -OCH3 is 1. The molecule has 0 atom stereocenters. The molecule has 0 fully saturated rings. The average Bonchev–Trinajstić information content (AvgIpc) is 3.14. The molecule has 0 aliphatic heterocycles. The van der Waals surface area contributed by atoms with Crippen LogP contribution in [0.5, 0.6) is 11.5 Å². The predicted octanol–water partition coefficient (Wildman–Crippen LogP) is 2.05. The first-order valence-corrected chi connectivity index (χ1v) is 9.02. The van der Waals surface area contributed by atoms with Crippen LogP contribution in [0.2, 0.25) is 0 Å². The molecule has 3 rings (SSSR count). The predicted molar refractivity (Wildman–Crippen MR) is 100.0 cm³/mol. The van der Waals surface area contributed by atoms with Crippen LogP contribution in [0.1, 0.15) is 6.42 Å². The highest BCUT2D eigenvalue weighted by Gasteiger charge is 2.07. The van der Waals surface area contributed by atoms with Crippen molar-refractivity contribution in [2.24, 2.45) is 0 Å². The molecule has 0 saturated heterocycles. The Morgan fingerprint density at radius 3 is 2.88 bits per heavy atom. The minimum Gasteiger partial charge on any atom is -0.493 e. The van der Waals surface area contributed by atoms with E-state index in [1.807, 2.05) is 23.6 Å². The van der Waals surface area contributed by atoms with Gasteiger partial charge in [-0.15, -0.1) is 11.3 Å². The third-order valence-electron chi connectivity index (χ3n) is 3.78. The summed E-state index contributed by atoms with van der Waals surface area (Å²) in [6.45, 7) is 0.985. The number of ether oxygens (including phenoxy) is 2. The molecule has 0 radical (unpaired) electrons. The van der Waals surface area contributed by atoms with Crippen molar-refractivity contribution in [2.75, 3.05) is 20.3 Å². The van der Waals surface area contributed by atoms with Crippen molar-refractivity contribution < 1.29 is 14.3 Å². The van der Waals surface area contributed by atoms with Crippen molar-refractivity contribution in [3.05, 3.63) is 52.4 Å². The lowest BCUT2D eigenvalue weighted by Crippen LogP contribution is -2.30. The van der Waals surface area contributed by atoms with E-state index in [-0.39, 0.29) is 24.4 Å². The molecule has 1 amide bonds. The van der Waals surface area contributed by atoms with Crippen LogP contribution in [0.15, 0.2) is 46.8 Å². The normalized spacial score (nSPS) is 10.7. The molecule has 2 heterocycles. The quantitative estimate of drug-likeness (QED) is 0.611. The van der Waals surface area contributed by atoms with Crippen molar-refractivity contribution in [3.63, 3.8) is 0 Å². The molecular weight excluding hydrogens is 354 g/mol. The van der Waals surface area contributed by atoms with Gasteiger partial charge in [-0.05, 0) is 23.6 Å². The number of fused-ring (bicyclic) bond motifs is 1. The Hall–Kier alpha value is -2.87. The Balaban J connectivity index is 1.44. The number of para-hydroxylation sites is 2. The zero-order valence-electron chi connectivity index (χ0n) is 14.3. The number of rotatable bonds is 8. The van der Waals surface area contributed by atoms with E-state index in [2.05, 4.69) is 10.3 Å². The van der Waals surface area contributed by atoms with Crippen molar-refractivity contribution in [1.29, 1.82) is 0 Å². The molecule has 3 aromatic rings. The first kappa shape index (κ1) is 17.9. The SMILES string of the molecule is COc1ccccc1OCCNC(=O)CCn1cnc2sccc2c1=O. The van der Waals surface area contributed by atoms with Gasteiger partial charge in [0.25, 0.3) is 5.56 Å². The van der Waals surface area contributed by atoms with Gasteiger partial charge in [0, 0.05) is 13.0 Å². The van der Waals surface area contributed by atoms with Gasteiger partial charge < -0.3 is 14.8 Å². The van der Waals surface area contributed by atoms with E-state index in [4.69, 9.17) is 9.47 Å². The topological polar surface area (TPSA) is 82.4 Å². The number of aryl methyl sites for hydroxylation is 1. The maximum Gasteiger partial charge on any atom is 0.262 e. The first-order chi connectivity index (χ1) is 12.7. The monoisotopic (exact) mass is 373 g/mol. The fourth-order valence-corrected chi connectivity index (χ4v) is 3.18. The van der Waals surface area contributed by atoms with Gasteiger partial charge in [-0.2, -0.15) is 0 Å². The molecule has 0 aliphatic carbocycles. The Bertz CT molecular complexity index is 951. The largest absolute Gasteiger partial charge is 0.493 e. The van der Waals surface area contributed by atoms with Crippen molar-refractivity contribution in [2.45, 2.75) is 13.0 Å². The number of nitrogens with one attached hydrogen (secondary N) is 1. The van der Waals surface area contributed by atoms with Crippen molar-refractivity contribution in [3.8, 4) is 11.5 Å². The lowest BCUT2D eigenvalue weighted by molar-refractivity contribution is -0.121. The second-order valence-corrected chi connectivity index (χ2v) is 6.38. The Morgan fingerprint density at radius 2 is 2.08 bits per heavy atom. The lowest BCUT2D eigenvalue weighted by Gasteiger charge is -2.11. The number of hydrogen-bond acceptors (Lipinski definition) is 6. The molecule has 1 N–H and O–H groups in total. The van der Waals surface area contributed by atoms with E-state index in [9.17, 15) is 9.59 Å². The summed E-state index contributed by atoms with van der Waals surface area (Å²) in [6.07, 6.45) is 1.69. The summed E-state index contributed by atoms with van der Waals surface area (Å²) < 4.78 is 12.3. The van der Waals surface area contributed by atoms with Crippen LogP contribution in [-0.2, 0) is 11.3 Å². The van der Waals surface area contributed by atoms with E-state index in [0.29, 0.717) is 34.9 Å². The van der Waals surface area contributed by atoms with E-state index in [0.717, 1.165) is 0 Å². The molecule has 0 unspecified atom stereocenters. The standard InChI is InChI=1S/C18H19N3O4S/c1-24-14-4-2-3-5-15(14)25-10-8-19-16(22)6-9-21-12-20-17-13(18(21)23)7-11-26-17/h2-5,7,11-12H,6,8-10H2,1H3,(H,19,22). The van der Waals surface area contributed by atoms with Crippen LogP contribution in [-0.4, -0.2) is 35.7 Å². The molecule has 26 heavy (non-hydrogen) atoms. The van der Waals surface area contributed by atoms with Crippen LogP contribution in [0, 0.1) is 0 Å². The molecule has 0 saturated carbocycles. The Morgan fingerprint density at radius 1 is 1.27 bits per heavy atom. The number of benzene rings is 1. The van der Waals surface area contributed by atoms with Crippen LogP contribution >= 0.6 is 11.3 Å². The molecule has 8 heteroatoms. The van der Waals surface area contributed by atoms with Crippen molar-refractivity contribution in [1.82, 2.24) is 14.9 Å². The fourth-order valence-electron chi connectivity index (χ4n) is 2.45. The fraction of sp³-hybridized carbons (Fsp3) is 0.278. The minimum atomic E-state index is -0.147. The highest BCUT2D eigenvalue weighted by Crippen LogP contribution is 2.25. The third kappa shape index (κ3) is 4.20. The molecule has 2 aromatic heterocycles. The molecule has 0 spiro atoms. The number of nitrogens with zero attached hydrogens (tertiary/aromatic N) is 2. The van der Waals surface area contributed by atoms with E-state index >= 15 is 0 Å². The molecule has 0 bridgehead atoms. The summed E-state index contributed by atoms with van der Waals surface area (Å²) in [4.78, 5) is 29.1. The number of amides is 1. The molecule has 136 valence electrons. The maximum atomic E-state index is 12.2. The van der Waals surface area contributed by atoms with Gasteiger partial charge in [0.05, 0.1) is 25.4 Å². The zero-order valence-corrected chi connectivity index (χ0v) is 15.1. The number of carbonyl (C=O) groups excluding carboxylic acids is 1. The van der Waals surface area contributed by atoms with Gasteiger partial charge >= 0.3 is 0 Å². The Kier molecular flexibility index (Phi) is 5.85. The first-order valence-electron chi connectivity index (χ1n) is 8.14. The number of thiophene rings is 1. The summed E-state index contributed by atoms with van der Waals surface area (Å²) in [5.74, 6) is 1.13. The second-order valence-electron chi connectivity index (χ2n) is 5.48. The maximum absolute atomic E-state index is 12.2. The van der Waals surface area contributed by atoms with Gasteiger partial charge in [-0.3, -0.25) is 14.2 Å². The van der Waals surface area contributed by atoms with Gasteiger partial charge in [0.2, 0.25) is 5.91 Å². The lowest BCUT2D eigenvalue weighted by atomic mass is 10.3. The van der Waals surface area contributed by atoms with Gasteiger partial charge in [0.1, 0.15) is 11.4 Å². The smallest absolute Gasteiger partial charge is 0.262 e. The summed E-state index contributed by atoms with van der Waals surface area (Å²) in [5.41, 5.74) is -0.122. The minimum absolute atomic E-state index is 0.122. The highest BCUT2D eigenvalue weighted by atomic mass is 32.1. The number of carbonyl (C=O) groups is 1. The number of aromatic nitrogens is 2. The second kappa shape index (κ2) is 8.48. The van der Waals surface area contributed by atoms with Crippen LogP contribution < -0.4 is 20.3 Å².